The summed E-state index contributed by atoms with van der Waals surface area (Å²) in [5.41, 5.74) is 4.90. The number of rotatable bonds is 1. The molecule has 0 aromatic carbocycles. The topological polar surface area (TPSA) is 95.6 Å². The summed E-state index contributed by atoms with van der Waals surface area (Å²) in [6, 6.07) is -0.773. The predicted molar refractivity (Wildman–Crippen MR) is 33.5 cm³/mol. The molecule has 1 aliphatic rings. The summed E-state index contributed by atoms with van der Waals surface area (Å²) in [5, 5.41) is 10.8. The number of diazo groups is 1. The molecule has 2 atom stereocenters. The Morgan fingerprint density at radius 1 is 1.90 bits per heavy atom. The quantitative estimate of drug-likeness (QED) is 0.441. The Balaban J connectivity index is 2.68. The first-order valence-corrected chi connectivity index (χ1v) is 2.67. The van der Waals surface area contributed by atoms with E-state index in [9.17, 15) is 4.79 Å². The first-order chi connectivity index (χ1) is 4.75. The maximum atomic E-state index is 10.5. The second kappa shape index (κ2) is 2.31. The Labute approximate surface area is 56.7 Å². The normalized spacial score (nSPS) is 29.1. The van der Waals surface area contributed by atoms with Crippen molar-refractivity contribution in [2.45, 2.75) is 12.2 Å². The largest absolute Gasteiger partial charge is 0.419 e. The number of nitrogens with zero attached hydrogens (tertiary/aromatic N) is 3. The minimum absolute atomic E-state index is 0.607. The zero-order chi connectivity index (χ0) is 7.56. The zero-order valence-corrected chi connectivity index (χ0v) is 5.06. The van der Waals surface area contributed by atoms with Crippen molar-refractivity contribution >= 4 is 12.2 Å². The van der Waals surface area contributed by atoms with E-state index in [1.165, 1.54) is 6.34 Å². The molecule has 3 N–H and O–H groups in total. The highest BCUT2D eigenvalue weighted by atomic mass is 16.1. The van der Waals surface area contributed by atoms with Crippen molar-refractivity contribution in [2.24, 2.45) is 10.7 Å². The van der Waals surface area contributed by atoms with Gasteiger partial charge in [0.15, 0.2) is 0 Å². The summed E-state index contributed by atoms with van der Waals surface area (Å²) >= 11 is 0. The van der Waals surface area contributed by atoms with Crippen LogP contribution in [0.1, 0.15) is 0 Å². The molecule has 6 heteroatoms. The van der Waals surface area contributed by atoms with Gasteiger partial charge in [0.2, 0.25) is 11.4 Å². The van der Waals surface area contributed by atoms with Gasteiger partial charge in [-0.3, -0.25) is 15.1 Å². The Bertz CT molecular complexity index is 216. The molecule has 1 aliphatic heterocycles. The van der Waals surface area contributed by atoms with Crippen LogP contribution >= 0.6 is 0 Å². The molecular weight excluding hydrogens is 134 g/mol. The van der Waals surface area contributed by atoms with Gasteiger partial charge >= 0.3 is 6.17 Å². The SMILES string of the molecule is N#[N+]C1NC=NC1C(N)=O. The summed E-state index contributed by atoms with van der Waals surface area (Å²) in [5.74, 6) is -0.607. The lowest BCUT2D eigenvalue weighted by Gasteiger charge is -1.95. The van der Waals surface area contributed by atoms with Crippen molar-refractivity contribution in [2.75, 3.05) is 0 Å². The van der Waals surface area contributed by atoms with Crippen LogP contribution in [0.5, 0.6) is 0 Å². The van der Waals surface area contributed by atoms with E-state index in [0.29, 0.717) is 0 Å². The minimum Gasteiger partial charge on any atom is -0.367 e. The number of carbonyl (C=O) groups excluding carboxylic acids is 1. The molecule has 0 aromatic heterocycles. The van der Waals surface area contributed by atoms with Gasteiger partial charge in [0.25, 0.3) is 5.91 Å². The standard InChI is InChI=1S/C4H5N5O/c5-3(10)2-4(9-6)8-1-7-2/h1-2,4H,(H2-,5,7,8,10)/p+1. The van der Waals surface area contributed by atoms with Crippen LogP contribution < -0.4 is 11.1 Å². The van der Waals surface area contributed by atoms with Gasteiger partial charge in [0, 0.05) is 0 Å². The highest BCUT2D eigenvalue weighted by Gasteiger charge is 2.38. The predicted octanol–water partition coefficient (Wildman–Crippen LogP) is -1.35. The highest BCUT2D eigenvalue weighted by molar-refractivity contribution is 5.84. The number of hydrogen-bond donors (Lipinski definition) is 2. The fraction of sp³-hybridized carbons (Fsp3) is 0.500. The fourth-order valence-electron chi connectivity index (χ4n) is 0.698. The molecular formula is C4H6N5O+. The Kier molecular flexibility index (Phi) is 1.49. The van der Waals surface area contributed by atoms with Gasteiger partial charge in [-0.1, -0.05) is 0 Å². The number of primary amides is 1. The Morgan fingerprint density at radius 3 is 3.00 bits per heavy atom. The average molecular weight is 140 g/mol. The molecule has 1 amide bonds. The van der Waals surface area contributed by atoms with Crippen LogP contribution in [0.3, 0.4) is 0 Å². The number of hydrogen-bond acceptors (Lipinski definition) is 4. The third kappa shape index (κ3) is 0.886. The number of carbonyl (C=O) groups is 1. The van der Waals surface area contributed by atoms with Gasteiger partial charge in [-0.05, 0) is 0 Å². The maximum absolute atomic E-state index is 10.5. The second-order valence-corrected chi connectivity index (χ2v) is 1.85. The van der Waals surface area contributed by atoms with Gasteiger partial charge in [-0.25, -0.2) is 0 Å². The molecule has 1 heterocycles. The van der Waals surface area contributed by atoms with Crippen molar-refractivity contribution in [1.29, 1.82) is 5.39 Å². The summed E-state index contributed by atoms with van der Waals surface area (Å²) in [6.45, 7) is 0. The van der Waals surface area contributed by atoms with E-state index in [-0.39, 0.29) is 0 Å². The maximum Gasteiger partial charge on any atom is 0.419 e. The first kappa shape index (κ1) is 6.48. The lowest BCUT2D eigenvalue weighted by Crippen LogP contribution is -2.38. The zero-order valence-electron chi connectivity index (χ0n) is 5.06. The molecule has 0 radical (unpaired) electrons. The molecule has 0 saturated heterocycles. The molecule has 0 spiro atoms. The van der Waals surface area contributed by atoms with Gasteiger partial charge in [0.1, 0.15) is 4.98 Å². The van der Waals surface area contributed by atoms with E-state index in [4.69, 9.17) is 11.1 Å². The van der Waals surface area contributed by atoms with Gasteiger partial charge in [0.05, 0.1) is 6.34 Å². The van der Waals surface area contributed by atoms with E-state index in [2.05, 4.69) is 15.3 Å². The van der Waals surface area contributed by atoms with Crippen molar-refractivity contribution in [3.63, 3.8) is 0 Å². The van der Waals surface area contributed by atoms with E-state index in [1.54, 1.807) is 0 Å². The number of nitrogens with one attached hydrogen (secondary N) is 1. The number of nitrogens with two attached hydrogens (primary N) is 1. The minimum atomic E-state index is -0.773. The Morgan fingerprint density at radius 2 is 2.60 bits per heavy atom. The number of aliphatic imine (C=N–C) groups is 1. The molecule has 0 aromatic rings. The lowest BCUT2D eigenvalue weighted by molar-refractivity contribution is -0.119. The summed E-state index contributed by atoms with van der Waals surface area (Å²) in [6.07, 6.45) is 0.581. The van der Waals surface area contributed by atoms with Crippen molar-refractivity contribution < 1.29 is 4.79 Å². The van der Waals surface area contributed by atoms with Crippen molar-refractivity contribution in [3.8, 4) is 0 Å². The summed E-state index contributed by atoms with van der Waals surface area (Å²) in [7, 11) is 0. The van der Waals surface area contributed by atoms with Gasteiger partial charge in [-0.15, -0.1) is 0 Å². The van der Waals surface area contributed by atoms with Gasteiger partial charge in [-0.2, -0.15) is 0 Å². The van der Waals surface area contributed by atoms with E-state index >= 15 is 0 Å². The second-order valence-electron chi connectivity index (χ2n) is 1.85. The highest BCUT2D eigenvalue weighted by Crippen LogP contribution is 2.03. The summed E-state index contributed by atoms with van der Waals surface area (Å²) in [4.78, 5) is 16.9. The molecule has 6 nitrogen and oxygen atoms in total. The van der Waals surface area contributed by atoms with Crippen LogP contribution in [-0.2, 0) is 4.79 Å². The van der Waals surface area contributed by atoms with Crippen LogP contribution in [0.2, 0.25) is 0 Å². The molecule has 0 saturated carbocycles. The van der Waals surface area contributed by atoms with Crippen molar-refractivity contribution in [3.05, 3.63) is 4.98 Å². The average Bonchev–Trinajstić information content (AvgIpc) is 2.33. The molecule has 0 fully saturated rings. The first-order valence-electron chi connectivity index (χ1n) is 2.67. The third-order valence-corrected chi connectivity index (χ3v) is 1.20. The van der Waals surface area contributed by atoms with E-state index in [0.717, 1.165) is 0 Å². The monoisotopic (exact) mass is 140 g/mol. The molecule has 0 bridgehead atoms. The molecule has 52 valence electrons. The van der Waals surface area contributed by atoms with E-state index in [1.807, 2.05) is 0 Å². The van der Waals surface area contributed by atoms with Crippen LogP contribution in [0.25, 0.3) is 4.98 Å². The molecule has 0 aliphatic carbocycles. The van der Waals surface area contributed by atoms with Crippen LogP contribution in [-0.4, -0.2) is 24.5 Å². The third-order valence-electron chi connectivity index (χ3n) is 1.20. The van der Waals surface area contributed by atoms with Gasteiger partial charge < -0.3 is 5.73 Å². The molecule has 1 rings (SSSR count). The van der Waals surface area contributed by atoms with Crippen LogP contribution in [0.4, 0.5) is 0 Å². The Hall–Kier alpha value is -1.64. The molecule has 2 unspecified atom stereocenters. The number of amides is 1. The molecule has 10 heavy (non-hydrogen) atoms. The van der Waals surface area contributed by atoms with Crippen LogP contribution in [0, 0.1) is 5.39 Å². The van der Waals surface area contributed by atoms with Crippen molar-refractivity contribution in [1.82, 2.24) is 5.32 Å². The van der Waals surface area contributed by atoms with Crippen LogP contribution in [0.15, 0.2) is 4.99 Å². The lowest BCUT2D eigenvalue weighted by atomic mass is 10.2. The van der Waals surface area contributed by atoms with E-state index < -0.39 is 18.1 Å². The fourth-order valence-corrected chi connectivity index (χ4v) is 0.698. The smallest absolute Gasteiger partial charge is 0.367 e. The summed E-state index contributed by atoms with van der Waals surface area (Å²) < 4.78 is 0.